The smallest absolute Gasteiger partial charge is 0.370 e. The quantitative estimate of drug-likeness (QED) is 0.754. The molecule has 0 unspecified atom stereocenters. The van der Waals surface area contributed by atoms with Gasteiger partial charge in [0.2, 0.25) is 17.7 Å². The zero-order chi connectivity index (χ0) is 21.5. The van der Waals surface area contributed by atoms with Crippen molar-refractivity contribution in [3.8, 4) is 0 Å². The number of nitrogens with one attached hydrogen (secondary N) is 1. The number of fused-ring (bicyclic) bond motifs is 1. The Kier molecular flexibility index (Phi) is 5.46. The van der Waals surface area contributed by atoms with E-state index in [1.165, 1.54) is 6.07 Å². The fourth-order valence-corrected chi connectivity index (χ4v) is 4.77. The van der Waals surface area contributed by atoms with E-state index < -0.39 is 24.2 Å². The Bertz CT molecular complexity index is 841. The molecule has 4 rings (SSSR count). The Hall–Kier alpha value is -2.58. The highest BCUT2D eigenvalue weighted by atomic mass is 19.4. The van der Waals surface area contributed by atoms with Gasteiger partial charge in [-0.2, -0.15) is 13.2 Å². The van der Waals surface area contributed by atoms with E-state index in [2.05, 4.69) is 5.32 Å². The minimum atomic E-state index is -4.54. The SMILES string of the molecule is O=C(CN1C(=O)[C@@H]2CCCC[C@H]2C1=O)Nc1cc(C(F)(F)F)ccc1N1CCCC1. The van der Waals surface area contributed by atoms with Gasteiger partial charge in [-0.3, -0.25) is 19.3 Å². The van der Waals surface area contributed by atoms with Crippen LogP contribution in [0.15, 0.2) is 18.2 Å². The van der Waals surface area contributed by atoms with Crippen LogP contribution in [0, 0.1) is 11.8 Å². The molecule has 0 bridgehead atoms. The number of likely N-dealkylation sites (tertiary alicyclic amines) is 1. The van der Waals surface area contributed by atoms with Crippen molar-refractivity contribution in [2.75, 3.05) is 29.9 Å². The molecule has 1 aromatic carbocycles. The average molecular weight is 423 g/mol. The zero-order valence-electron chi connectivity index (χ0n) is 16.5. The monoisotopic (exact) mass is 423 g/mol. The molecule has 0 spiro atoms. The Morgan fingerprint density at radius 1 is 1.00 bits per heavy atom. The summed E-state index contributed by atoms with van der Waals surface area (Å²) in [6.07, 6.45) is 0.342. The second-order valence-electron chi connectivity index (χ2n) is 8.23. The molecule has 1 aromatic rings. The van der Waals surface area contributed by atoms with E-state index in [0.29, 0.717) is 31.6 Å². The van der Waals surface area contributed by atoms with E-state index >= 15 is 0 Å². The third-order valence-electron chi connectivity index (χ3n) is 6.28. The lowest BCUT2D eigenvalue weighted by Gasteiger charge is -2.23. The average Bonchev–Trinajstić information content (AvgIpc) is 3.31. The first kappa shape index (κ1) is 20.7. The predicted octanol–water partition coefficient (Wildman–Crippen LogP) is 3.42. The number of alkyl halides is 3. The van der Waals surface area contributed by atoms with E-state index in [0.717, 1.165) is 42.7 Å². The van der Waals surface area contributed by atoms with Crippen LogP contribution in [0.4, 0.5) is 24.5 Å². The summed E-state index contributed by atoms with van der Waals surface area (Å²) in [4.78, 5) is 40.7. The Labute approximate surface area is 172 Å². The van der Waals surface area contributed by atoms with Crippen LogP contribution < -0.4 is 10.2 Å². The van der Waals surface area contributed by atoms with Crippen molar-refractivity contribution in [1.82, 2.24) is 4.90 Å². The minimum absolute atomic E-state index is 0.0493. The van der Waals surface area contributed by atoms with E-state index in [4.69, 9.17) is 0 Å². The molecular formula is C21H24F3N3O3. The van der Waals surface area contributed by atoms with Gasteiger partial charge in [0, 0.05) is 13.1 Å². The van der Waals surface area contributed by atoms with E-state index in [9.17, 15) is 27.6 Å². The van der Waals surface area contributed by atoms with Crippen LogP contribution in [-0.2, 0) is 20.6 Å². The normalized spacial score (nSPS) is 24.4. The molecule has 3 amide bonds. The van der Waals surface area contributed by atoms with Crippen LogP contribution in [0.25, 0.3) is 0 Å². The van der Waals surface area contributed by atoms with Gasteiger partial charge in [0.05, 0.1) is 28.8 Å². The summed E-state index contributed by atoms with van der Waals surface area (Å²) in [7, 11) is 0. The number of hydrogen-bond donors (Lipinski definition) is 1. The third-order valence-corrected chi connectivity index (χ3v) is 6.28. The number of carbonyl (C=O) groups is 3. The number of halogens is 3. The number of benzene rings is 1. The summed E-state index contributed by atoms with van der Waals surface area (Å²) in [5, 5.41) is 2.52. The summed E-state index contributed by atoms with van der Waals surface area (Å²) < 4.78 is 39.6. The molecule has 0 aromatic heterocycles. The molecule has 6 nitrogen and oxygen atoms in total. The van der Waals surface area contributed by atoms with Crippen molar-refractivity contribution in [3.05, 3.63) is 23.8 Å². The van der Waals surface area contributed by atoms with Gasteiger partial charge >= 0.3 is 6.18 Å². The summed E-state index contributed by atoms with van der Waals surface area (Å²) in [6, 6.07) is 3.28. The molecular weight excluding hydrogens is 399 g/mol. The van der Waals surface area contributed by atoms with E-state index in [-0.39, 0.29) is 29.3 Å². The number of rotatable bonds is 4. The fourth-order valence-electron chi connectivity index (χ4n) is 4.77. The van der Waals surface area contributed by atoms with Crippen molar-refractivity contribution >= 4 is 29.1 Å². The lowest BCUT2D eigenvalue weighted by atomic mass is 9.81. The molecule has 2 aliphatic heterocycles. The van der Waals surface area contributed by atoms with Gasteiger partial charge in [0.25, 0.3) is 0 Å². The molecule has 9 heteroatoms. The van der Waals surface area contributed by atoms with Crippen molar-refractivity contribution in [2.24, 2.45) is 11.8 Å². The molecule has 1 saturated carbocycles. The summed E-state index contributed by atoms with van der Waals surface area (Å²) >= 11 is 0. The Morgan fingerprint density at radius 3 is 2.17 bits per heavy atom. The second-order valence-corrected chi connectivity index (χ2v) is 8.23. The molecule has 0 radical (unpaired) electrons. The summed E-state index contributed by atoms with van der Waals surface area (Å²) in [5.74, 6) is -2.09. The Morgan fingerprint density at radius 2 is 1.60 bits per heavy atom. The lowest BCUT2D eigenvalue weighted by Crippen LogP contribution is -2.38. The number of amides is 3. The van der Waals surface area contributed by atoms with Crippen molar-refractivity contribution in [1.29, 1.82) is 0 Å². The van der Waals surface area contributed by atoms with Gasteiger partial charge in [-0.25, -0.2) is 0 Å². The topological polar surface area (TPSA) is 69.7 Å². The number of imide groups is 1. The maximum absolute atomic E-state index is 13.2. The summed E-state index contributed by atoms with van der Waals surface area (Å²) in [6.45, 7) is 0.918. The number of hydrogen-bond acceptors (Lipinski definition) is 4. The first-order chi connectivity index (χ1) is 14.3. The maximum atomic E-state index is 13.2. The molecule has 3 fully saturated rings. The number of carbonyl (C=O) groups excluding carboxylic acids is 3. The first-order valence-electron chi connectivity index (χ1n) is 10.4. The van der Waals surface area contributed by atoms with E-state index in [1.807, 2.05) is 4.90 Å². The third kappa shape index (κ3) is 3.89. The van der Waals surface area contributed by atoms with Crippen LogP contribution in [0.2, 0.25) is 0 Å². The molecule has 30 heavy (non-hydrogen) atoms. The molecule has 3 aliphatic rings. The van der Waals surface area contributed by atoms with Crippen LogP contribution in [0.1, 0.15) is 44.1 Å². The van der Waals surface area contributed by atoms with Gasteiger partial charge in [-0.05, 0) is 43.9 Å². The van der Waals surface area contributed by atoms with Crippen molar-refractivity contribution < 1.29 is 27.6 Å². The number of anilines is 2. The predicted molar refractivity (Wildman–Crippen MR) is 104 cm³/mol. The highest BCUT2D eigenvalue weighted by Crippen LogP contribution is 2.39. The first-order valence-corrected chi connectivity index (χ1v) is 10.4. The molecule has 1 N–H and O–H groups in total. The van der Waals surface area contributed by atoms with Crippen LogP contribution in [0.5, 0.6) is 0 Å². The molecule has 2 saturated heterocycles. The largest absolute Gasteiger partial charge is 0.416 e. The molecule has 2 heterocycles. The van der Waals surface area contributed by atoms with Crippen molar-refractivity contribution in [2.45, 2.75) is 44.7 Å². The lowest BCUT2D eigenvalue weighted by molar-refractivity contribution is -0.142. The van der Waals surface area contributed by atoms with Gasteiger partial charge in [0.1, 0.15) is 6.54 Å². The standard InChI is InChI=1S/C21H24F3N3O3/c22-21(23,24)13-7-8-17(26-9-3-4-10-26)16(11-13)25-18(28)12-27-19(29)14-5-1-2-6-15(14)20(27)30/h7-8,11,14-15H,1-6,9-10,12H2,(H,25,28)/t14-,15-/m1/s1. The van der Waals surface area contributed by atoms with Gasteiger partial charge in [0.15, 0.2) is 0 Å². The molecule has 162 valence electrons. The summed E-state index contributed by atoms with van der Waals surface area (Å²) in [5.41, 5.74) is -0.296. The molecule has 2 atom stereocenters. The highest BCUT2D eigenvalue weighted by Gasteiger charge is 2.48. The van der Waals surface area contributed by atoms with Gasteiger partial charge < -0.3 is 10.2 Å². The number of nitrogens with zero attached hydrogens (tertiary/aromatic N) is 2. The zero-order valence-corrected chi connectivity index (χ0v) is 16.5. The van der Waals surface area contributed by atoms with Crippen LogP contribution in [0.3, 0.4) is 0 Å². The van der Waals surface area contributed by atoms with E-state index in [1.54, 1.807) is 0 Å². The second kappa shape index (κ2) is 7.92. The maximum Gasteiger partial charge on any atom is 0.416 e. The van der Waals surface area contributed by atoms with Gasteiger partial charge in [-0.1, -0.05) is 12.8 Å². The fraction of sp³-hybridized carbons (Fsp3) is 0.571. The van der Waals surface area contributed by atoms with Crippen LogP contribution in [-0.4, -0.2) is 42.3 Å². The Balaban J connectivity index is 1.53. The minimum Gasteiger partial charge on any atom is -0.370 e. The molecule has 1 aliphatic carbocycles. The van der Waals surface area contributed by atoms with Gasteiger partial charge in [-0.15, -0.1) is 0 Å². The highest BCUT2D eigenvalue weighted by molar-refractivity contribution is 6.09. The van der Waals surface area contributed by atoms with Crippen molar-refractivity contribution in [3.63, 3.8) is 0 Å². The van der Waals surface area contributed by atoms with Crippen LogP contribution >= 0.6 is 0 Å².